The van der Waals surface area contributed by atoms with E-state index in [-0.39, 0.29) is 0 Å². The van der Waals surface area contributed by atoms with Crippen LogP contribution in [0.15, 0.2) is 18.2 Å². The van der Waals surface area contributed by atoms with Gasteiger partial charge in [0.2, 0.25) is 0 Å². The van der Waals surface area contributed by atoms with Gasteiger partial charge < -0.3 is 4.74 Å². The fourth-order valence-electron chi connectivity index (χ4n) is 1.73. The zero-order valence-corrected chi connectivity index (χ0v) is 8.74. The molecule has 0 radical (unpaired) electrons. The maximum atomic E-state index is 11.3. The third kappa shape index (κ3) is 1.77. The smallest absolute Gasteiger partial charge is 0.346 e. The maximum Gasteiger partial charge on any atom is 0.346 e. The van der Waals surface area contributed by atoms with Crippen molar-refractivity contribution in [1.82, 2.24) is 0 Å². The molecule has 1 heterocycles. The first-order valence-corrected chi connectivity index (χ1v) is 4.97. The lowest BCUT2D eigenvalue weighted by molar-refractivity contribution is 0.0444. The average molecular weight is 204 g/mol. The highest BCUT2D eigenvalue weighted by atomic mass is 16.6. The molecule has 0 aliphatic carbocycles. The summed E-state index contributed by atoms with van der Waals surface area (Å²) in [5.41, 5.74) is 1.85. The first-order chi connectivity index (χ1) is 7.08. The molecule has 3 nitrogen and oxygen atoms in total. The molecule has 1 aliphatic rings. The average Bonchev–Trinajstić information content (AvgIpc) is 2.41. The van der Waals surface area contributed by atoms with Crippen molar-refractivity contribution in [2.45, 2.75) is 20.3 Å². The van der Waals surface area contributed by atoms with Crippen molar-refractivity contribution >= 4 is 11.9 Å². The molecule has 0 fully saturated rings. The van der Waals surface area contributed by atoms with Crippen LogP contribution >= 0.6 is 0 Å². The fraction of sp³-hybridized carbons (Fsp3) is 0.333. The van der Waals surface area contributed by atoms with Crippen LogP contribution in [-0.2, 0) is 11.2 Å². The van der Waals surface area contributed by atoms with Crippen LogP contribution in [0, 0.1) is 5.92 Å². The monoisotopic (exact) mass is 204 g/mol. The second-order valence-corrected chi connectivity index (χ2v) is 4.15. The van der Waals surface area contributed by atoms with Crippen LogP contribution in [0.5, 0.6) is 0 Å². The van der Waals surface area contributed by atoms with E-state index < -0.39 is 11.9 Å². The first-order valence-electron chi connectivity index (χ1n) is 4.97. The normalized spacial score (nSPS) is 14.3. The number of rotatable bonds is 2. The van der Waals surface area contributed by atoms with Crippen LogP contribution in [0.1, 0.15) is 40.1 Å². The van der Waals surface area contributed by atoms with E-state index in [2.05, 4.69) is 18.6 Å². The fourth-order valence-corrected chi connectivity index (χ4v) is 1.73. The lowest BCUT2D eigenvalue weighted by Gasteiger charge is -2.04. The molecule has 0 saturated carbocycles. The third-order valence-corrected chi connectivity index (χ3v) is 2.35. The minimum Gasteiger partial charge on any atom is -0.386 e. The molecule has 0 N–H and O–H groups in total. The summed E-state index contributed by atoms with van der Waals surface area (Å²) in [7, 11) is 0. The summed E-state index contributed by atoms with van der Waals surface area (Å²) in [6.45, 7) is 4.22. The Hall–Kier alpha value is -1.64. The Morgan fingerprint density at radius 1 is 1.13 bits per heavy atom. The van der Waals surface area contributed by atoms with Gasteiger partial charge in [-0.05, 0) is 30.0 Å². The molecule has 15 heavy (non-hydrogen) atoms. The Morgan fingerprint density at radius 2 is 1.80 bits per heavy atom. The molecule has 1 aliphatic heterocycles. The first kappa shape index (κ1) is 9.90. The topological polar surface area (TPSA) is 43.4 Å². The number of hydrogen-bond acceptors (Lipinski definition) is 3. The molecule has 1 aromatic carbocycles. The molecule has 78 valence electrons. The molecular formula is C12H12O3. The van der Waals surface area contributed by atoms with Crippen molar-refractivity contribution in [3.63, 3.8) is 0 Å². The largest absolute Gasteiger partial charge is 0.386 e. The number of fused-ring (bicyclic) bond motifs is 1. The summed E-state index contributed by atoms with van der Waals surface area (Å²) in [5.74, 6) is -0.539. The van der Waals surface area contributed by atoms with Gasteiger partial charge in [-0.1, -0.05) is 19.9 Å². The SMILES string of the molecule is CC(C)Cc1ccc2c(c1)C(=O)OC2=O. The molecular weight excluding hydrogens is 192 g/mol. The Morgan fingerprint density at radius 3 is 2.47 bits per heavy atom. The summed E-state index contributed by atoms with van der Waals surface area (Å²) < 4.78 is 4.51. The Kier molecular flexibility index (Phi) is 2.31. The van der Waals surface area contributed by atoms with Gasteiger partial charge in [0, 0.05) is 0 Å². The number of hydrogen-bond donors (Lipinski definition) is 0. The number of cyclic esters (lactones) is 2. The number of ether oxygens (including phenoxy) is 1. The molecule has 0 atom stereocenters. The Balaban J connectivity index is 2.38. The van der Waals surface area contributed by atoms with Gasteiger partial charge >= 0.3 is 11.9 Å². The van der Waals surface area contributed by atoms with Crippen molar-refractivity contribution < 1.29 is 14.3 Å². The van der Waals surface area contributed by atoms with E-state index in [9.17, 15) is 9.59 Å². The zero-order chi connectivity index (χ0) is 11.0. The van der Waals surface area contributed by atoms with E-state index in [1.807, 2.05) is 6.07 Å². The highest BCUT2D eigenvalue weighted by molar-refractivity contribution is 6.14. The van der Waals surface area contributed by atoms with E-state index in [0.717, 1.165) is 12.0 Å². The summed E-state index contributed by atoms with van der Waals surface area (Å²) in [5, 5.41) is 0. The van der Waals surface area contributed by atoms with Crippen molar-refractivity contribution in [3.05, 3.63) is 34.9 Å². The highest BCUT2D eigenvalue weighted by Gasteiger charge is 2.29. The summed E-state index contributed by atoms with van der Waals surface area (Å²) in [6, 6.07) is 5.29. The van der Waals surface area contributed by atoms with Crippen molar-refractivity contribution in [1.29, 1.82) is 0 Å². The number of esters is 2. The Bertz CT molecular complexity index is 432. The molecule has 2 rings (SSSR count). The third-order valence-electron chi connectivity index (χ3n) is 2.35. The van der Waals surface area contributed by atoms with Crippen LogP contribution in [-0.4, -0.2) is 11.9 Å². The van der Waals surface area contributed by atoms with Crippen LogP contribution in [0.25, 0.3) is 0 Å². The van der Waals surface area contributed by atoms with Gasteiger partial charge in [0.25, 0.3) is 0 Å². The van der Waals surface area contributed by atoms with Crippen LogP contribution < -0.4 is 0 Å². The van der Waals surface area contributed by atoms with E-state index in [0.29, 0.717) is 17.0 Å². The molecule has 0 bridgehead atoms. The lowest BCUT2D eigenvalue weighted by Crippen LogP contribution is -1.98. The van der Waals surface area contributed by atoms with Gasteiger partial charge in [0.05, 0.1) is 11.1 Å². The summed E-state index contributed by atoms with van der Waals surface area (Å²) >= 11 is 0. The van der Waals surface area contributed by atoms with Gasteiger partial charge in [-0.25, -0.2) is 9.59 Å². The molecule has 0 spiro atoms. The van der Waals surface area contributed by atoms with Crippen LogP contribution in [0.2, 0.25) is 0 Å². The number of benzene rings is 1. The molecule has 0 saturated heterocycles. The van der Waals surface area contributed by atoms with E-state index >= 15 is 0 Å². The summed E-state index contributed by atoms with van der Waals surface area (Å²) in [6.07, 6.45) is 0.898. The van der Waals surface area contributed by atoms with Gasteiger partial charge in [-0.2, -0.15) is 0 Å². The van der Waals surface area contributed by atoms with E-state index in [1.165, 1.54) is 0 Å². The van der Waals surface area contributed by atoms with E-state index in [1.54, 1.807) is 12.1 Å². The highest BCUT2D eigenvalue weighted by Crippen LogP contribution is 2.22. The zero-order valence-electron chi connectivity index (χ0n) is 8.74. The van der Waals surface area contributed by atoms with Crippen LogP contribution in [0.3, 0.4) is 0 Å². The van der Waals surface area contributed by atoms with Gasteiger partial charge in [-0.3, -0.25) is 0 Å². The second-order valence-electron chi connectivity index (χ2n) is 4.15. The molecule has 0 aromatic heterocycles. The predicted molar refractivity (Wildman–Crippen MR) is 54.7 cm³/mol. The van der Waals surface area contributed by atoms with Gasteiger partial charge in [0.15, 0.2) is 0 Å². The Labute approximate surface area is 88.1 Å². The second kappa shape index (κ2) is 3.50. The minimum absolute atomic E-state index is 0.382. The predicted octanol–water partition coefficient (Wildman–Crippen LogP) is 2.20. The standard InChI is InChI=1S/C12H12O3/c1-7(2)5-8-3-4-9-10(6-8)12(14)15-11(9)13/h3-4,6-7H,5H2,1-2H3. The van der Waals surface area contributed by atoms with E-state index in [4.69, 9.17) is 0 Å². The molecule has 0 amide bonds. The summed E-state index contributed by atoms with van der Waals surface area (Å²) in [4.78, 5) is 22.4. The van der Waals surface area contributed by atoms with Gasteiger partial charge in [0.1, 0.15) is 0 Å². The quantitative estimate of drug-likeness (QED) is 0.548. The molecule has 3 heteroatoms. The van der Waals surface area contributed by atoms with Crippen molar-refractivity contribution in [3.8, 4) is 0 Å². The van der Waals surface area contributed by atoms with Crippen molar-refractivity contribution in [2.75, 3.05) is 0 Å². The van der Waals surface area contributed by atoms with Gasteiger partial charge in [-0.15, -0.1) is 0 Å². The number of carbonyl (C=O) groups is 2. The van der Waals surface area contributed by atoms with Crippen LogP contribution in [0.4, 0.5) is 0 Å². The maximum absolute atomic E-state index is 11.3. The van der Waals surface area contributed by atoms with Crippen molar-refractivity contribution in [2.24, 2.45) is 5.92 Å². The molecule has 1 aromatic rings. The lowest BCUT2D eigenvalue weighted by atomic mass is 9.99. The molecule has 0 unspecified atom stereocenters. The number of carbonyl (C=O) groups excluding carboxylic acids is 2. The minimum atomic E-state index is -0.536.